The van der Waals surface area contributed by atoms with E-state index in [-0.39, 0.29) is 11.4 Å². The average molecular weight is 499 g/mol. The van der Waals surface area contributed by atoms with E-state index in [9.17, 15) is 18.0 Å². The predicted molar refractivity (Wildman–Crippen MR) is 121 cm³/mol. The number of carbonyl (C=O) groups excluding carboxylic acids is 1. The first kappa shape index (κ1) is 25.6. The fraction of sp³-hybridized carbons (Fsp3) is 0.429. The van der Waals surface area contributed by atoms with Crippen LogP contribution < -0.4 is 10.1 Å². The van der Waals surface area contributed by atoms with E-state index in [1.54, 1.807) is 22.6 Å². The number of nitrogens with one attached hydrogen (secondary N) is 1. The largest absolute Gasteiger partial charge is 0.476 e. The number of aromatic nitrogens is 5. The topological polar surface area (TPSA) is 96.1 Å². The second-order valence-electron chi connectivity index (χ2n) is 6.97. The minimum atomic E-state index is -4.58. The van der Waals surface area contributed by atoms with Crippen molar-refractivity contribution in [2.24, 2.45) is 0 Å². The lowest BCUT2D eigenvalue weighted by atomic mass is 10.1. The predicted octanol–water partition coefficient (Wildman–Crippen LogP) is 3.96. The van der Waals surface area contributed by atoms with Crippen LogP contribution >= 0.6 is 11.8 Å². The molecule has 0 saturated heterocycles. The lowest BCUT2D eigenvalue weighted by Crippen LogP contribution is -2.18. The van der Waals surface area contributed by atoms with E-state index >= 15 is 0 Å². The third-order valence-electron chi connectivity index (χ3n) is 4.65. The summed E-state index contributed by atoms with van der Waals surface area (Å²) in [6.45, 7) is 5.59. The Kier molecular flexibility index (Phi) is 8.56. The van der Waals surface area contributed by atoms with E-state index in [1.165, 1.54) is 18.2 Å². The van der Waals surface area contributed by atoms with Gasteiger partial charge in [0.2, 0.25) is 11.8 Å². The first-order chi connectivity index (χ1) is 16.3. The van der Waals surface area contributed by atoms with Crippen LogP contribution in [0.2, 0.25) is 0 Å². The Hall–Kier alpha value is -3.06. The Morgan fingerprint density at radius 2 is 1.97 bits per heavy atom. The van der Waals surface area contributed by atoms with Gasteiger partial charge in [-0.2, -0.15) is 13.2 Å². The molecule has 0 bridgehead atoms. The number of amides is 1. The Morgan fingerprint density at radius 1 is 1.21 bits per heavy atom. The Balaban J connectivity index is 1.80. The normalized spacial score (nSPS) is 11.6. The number of ether oxygens (including phenoxy) is 2. The molecule has 3 rings (SSSR count). The van der Waals surface area contributed by atoms with Gasteiger partial charge in [-0.15, -0.1) is 15.3 Å². The first-order valence-corrected chi connectivity index (χ1v) is 11.5. The molecule has 0 aliphatic heterocycles. The molecule has 2 heterocycles. The molecule has 3 aromatic rings. The highest BCUT2D eigenvalue weighted by Gasteiger charge is 2.33. The van der Waals surface area contributed by atoms with Gasteiger partial charge in [0.25, 0.3) is 0 Å². The van der Waals surface area contributed by atoms with E-state index in [2.05, 4.69) is 20.6 Å². The van der Waals surface area contributed by atoms with Crippen LogP contribution in [-0.4, -0.2) is 56.5 Å². The minimum absolute atomic E-state index is 0.163. The number of anilines is 1. The van der Waals surface area contributed by atoms with Crippen molar-refractivity contribution < 1.29 is 27.4 Å². The third-order valence-corrected chi connectivity index (χ3v) is 5.62. The van der Waals surface area contributed by atoms with Gasteiger partial charge < -0.3 is 14.8 Å². The van der Waals surface area contributed by atoms with Crippen LogP contribution in [0.15, 0.2) is 35.6 Å². The lowest BCUT2D eigenvalue weighted by molar-refractivity contribution is -0.137. The maximum Gasteiger partial charge on any atom is 0.418 e. The van der Waals surface area contributed by atoms with Gasteiger partial charge in [0.1, 0.15) is 5.56 Å². The zero-order valence-corrected chi connectivity index (χ0v) is 19.7. The van der Waals surface area contributed by atoms with Crippen molar-refractivity contribution in [3.63, 3.8) is 0 Å². The van der Waals surface area contributed by atoms with Crippen LogP contribution in [0.5, 0.6) is 5.88 Å². The molecular formula is C21H25F3N6O3S. The highest BCUT2D eigenvalue weighted by molar-refractivity contribution is 7.99. The number of hydrogen-bond donors (Lipinski definition) is 1. The zero-order valence-electron chi connectivity index (χ0n) is 18.9. The molecule has 1 N–H and O–H groups in total. The number of benzene rings is 1. The van der Waals surface area contributed by atoms with E-state index in [0.29, 0.717) is 48.7 Å². The summed E-state index contributed by atoms with van der Waals surface area (Å²) < 4.78 is 53.9. The first-order valence-electron chi connectivity index (χ1n) is 10.5. The Bertz CT molecular complexity index is 1120. The summed E-state index contributed by atoms with van der Waals surface area (Å²) in [5.41, 5.74) is -0.562. The van der Waals surface area contributed by atoms with Crippen LogP contribution in [0, 0.1) is 0 Å². The fourth-order valence-electron chi connectivity index (χ4n) is 3.10. The van der Waals surface area contributed by atoms with Crippen molar-refractivity contribution in [3.8, 4) is 17.3 Å². The third kappa shape index (κ3) is 6.08. The van der Waals surface area contributed by atoms with Gasteiger partial charge in [-0.1, -0.05) is 23.9 Å². The van der Waals surface area contributed by atoms with Crippen molar-refractivity contribution in [2.75, 3.05) is 31.4 Å². The highest BCUT2D eigenvalue weighted by atomic mass is 32.2. The molecule has 13 heteroatoms. The molecule has 2 aromatic heterocycles. The maximum atomic E-state index is 13.2. The Labute approximate surface area is 198 Å². The van der Waals surface area contributed by atoms with Crippen LogP contribution in [0.1, 0.15) is 19.4 Å². The van der Waals surface area contributed by atoms with E-state index in [4.69, 9.17) is 9.47 Å². The molecule has 0 spiro atoms. The molecule has 0 saturated carbocycles. The van der Waals surface area contributed by atoms with Crippen LogP contribution in [-0.2, 0) is 28.8 Å². The van der Waals surface area contributed by atoms with Crippen molar-refractivity contribution in [1.29, 1.82) is 0 Å². The molecule has 0 aliphatic rings. The number of para-hydroxylation sites is 1. The maximum absolute atomic E-state index is 13.2. The monoisotopic (exact) mass is 498 g/mol. The number of aryl methyl sites for hydroxylation is 1. The molecule has 0 atom stereocenters. The number of methoxy groups -OCH3 is 1. The molecule has 0 fully saturated rings. The van der Waals surface area contributed by atoms with Gasteiger partial charge in [0, 0.05) is 19.9 Å². The van der Waals surface area contributed by atoms with Gasteiger partial charge >= 0.3 is 6.18 Å². The fourth-order valence-corrected chi connectivity index (χ4v) is 3.86. The standard InChI is InChI=1S/C21H25F3N6O3S/c1-4-29-12-14(19(28-29)33-5-2)18-26-27-20(30(18)10-11-32-3)34-13-17(31)25-16-9-7-6-8-15(16)21(22,23)24/h6-9,12H,4-5,10-11,13H2,1-3H3,(H,25,31). The van der Waals surface area contributed by atoms with Crippen molar-refractivity contribution >= 4 is 23.4 Å². The van der Waals surface area contributed by atoms with E-state index in [1.807, 2.05) is 13.8 Å². The lowest BCUT2D eigenvalue weighted by Gasteiger charge is -2.13. The number of halogens is 3. The summed E-state index contributed by atoms with van der Waals surface area (Å²) in [6.07, 6.45) is -2.78. The summed E-state index contributed by atoms with van der Waals surface area (Å²) in [4.78, 5) is 12.4. The smallest absolute Gasteiger partial charge is 0.418 e. The van der Waals surface area contributed by atoms with Crippen molar-refractivity contribution in [2.45, 2.75) is 38.3 Å². The molecular weight excluding hydrogens is 473 g/mol. The van der Waals surface area contributed by atoms with Gasteiger partial charge in [0.05, 0.1) is 36.8 Å². The molecule has 0 aliphatic carbocycles. The van der Waals surface area contributed by atoms with Gasteiger partial charge in [-0.05, 0) is 26.0 Å². The van der Waals surface area contributed by atoms with E-state index < -0.39 is 17.6 Å². The minimum Gasteiger partial charge on any atom is -0.476 e. The van der Waals surface area contributed by atoms with Crippen molar-refractivity contribution in [1.82, 2.24) is 24.5 Å². The second kappa shape index (κ2) is 11.4. The Morgan fingerprint density at radius 3 is 2.65 bits per heavy atom. The van der Waals surface area contributed by atoms with Gasteiger partial charge in [-0.3, -0.25) is 14.0 Å². The zero-order chi connectivity index (χ0) is 24.7. The summed E-state index contributed by atoms with van der Waals surface area (Å²) >= 11 is 1.06. The molecule has 1 amide bonds. The molecule has 0 radical (unpaired) electrons. The number of thioether (sulfide) groups is 1. The molecule has 1 aromatic carbocycles. The second-order valence-corrected chi connectivity index (χ2v) is 7.91. The number of rotatable bonds is 11. The summed E-state index contributed by atoms with van der Waals surface area (Å²) in [5, 5.41) is 15.6. The highest BCUT2D eigenvalue weighted by Crippen LogP contribution is 2.35. The summed E-state index contributed by atoms with van der Waals surface area (Å²) in [5.74, 6) is 0.140. The van der Waals surface area contributed by atoms with Gasteiger partial charge in [-0.25, -0.2) is 0 Å². The number of alkyl halides is 3. The molecule has 184 valence electrons. The number of carbonyl (C=O) groups is 1. The number of nitrogens with zero attached hydrogens (tertiary/aromatic N) is 5. The van der Waals surface area contributed by atoms with Crippen LogP contribution in [0.4, 0.5) is 18.9 Å². The SMILES string of the molecule is CCOc1nn(CC)cc1-c1nnc(SCC(=O)Nc2ccccc2C(F)(F)F)n1CCOC. The van der Waals surface area contributed by atoms with Crippen molar-refractivity contribution in [3.05, 3.63) is 36.0 Å². The molecule has 34 heavy (non-hydrogen) atoms. The summed E-state index contributed by atoms with van der Waals surface area (Å²) in [7, 11) is 1.56. The van der Waals surface area contributed by atoms with E-state index in [0.717, 1.165) is 17.8 Å². The summed E-state index contributed by atoms with van der Waals surface area (Å²) in [6, 6.07) is 4.83. The van der Waals surface area contributed by atoms with Crippen LogP contribution in [0.25, 0.3) is 11.4 Å². The van der Waals surface area contributed by atoms with Crippen LogP contribution in [0.3, 0.4) is 0 Å². The average Bonchev–Trinajstić information content (AvgIpc) is 3.39. The molecule has 0 unspecified atom stereocenters. The van der Waals surface area contributed by atoms with Gasteiger partial charge in [0.15, 0.2) is 11.0 Å². The molecule has 9 nitrogen and oxygen atoms in total. The number of hydrogen-bond acceptors (Lipinski definition) is 7. The quantitative estimate of drug-likeness (QED) is 0.400.